The SMILES string of the molecule is CC(C)(C)OC(=O)CC1=N[C@@]2(CO1)c1cc(Br)ccc1OC(C)(C)C21CC1. The third kappa shape index (κ3) is 2.87. The Bertz CT molecular complexity index is 835. The predicted octanol–water partition coefficient (Wildman–Crippen LogP) is 4.76. The van der Waals surface area contributed by atoms with Gasteiger partial charge in [-0.3, -0.25) is 4.79 Å². The maximum Gasteiger partial charge on any atom is 0.315 e. The van der Waals surface area contributed by atoms with Crippen LogP contribution in [0.4, 0.5) is 0 Å². The van der Waals surface area contributed by atoms with Gasteiger partial charge in [0.25, 0.3) is 0 Å². The minimum absolute atomic E-state index is 0.0553. The van der Waals surface area contributed by atoms with E-state index < -0.39 is 11.1 Å². The lowest BCUT2D eigenvalue weighted by molar-refractivity contribution is -0.153. The smallest absolute Gasteiger partial charge is 0.315 e. The molecule has 2 aliphatic heterocycles. The van der Waals surface area contributed by atoms with Gasteiger partial charge in [-0.15, -0.1) is 0 Å². The first-order valence-corrected chi connectivity index (χ1v) is 10.2. The number of fused-ring (bicyclic) bond motifs is 3. The molecular weight excluding hydrogens is 410 g/mol. The maximum atomic E-state index is 12.3. The van der Waals surface area contributed by atoms with E-state index in [1.165, 1.54) is 0 Å². The average molecular weight is 436 g/mol. The predicted molar refractivity (Wildman–Crippen MR) is 106 cm³/mol. The molecule has 27 heavy (non-hydrogen) atoms. The fraction of sp³-hybridized carbons (Fsp3) is 0.619. The van der Waals surface area contributed by atoms with Gasteiger partial charge in [-0.25, -0.2) is 4.99 Å². The zero-order chi connectivity index (χ0) is 19.7. The molecule has 0 unspecified atom stereocenters. The minimum atomic E-state index is -0.524. The summed E-state index contributed by atoms with van der Waals surface area (Å²) in [6.07, 6.45) is 2.11. The van der Waals surface area contributed by atoms with Gasteiger partial charge in [-0.05, 0) is 65.7 Å². The topological polar surface area (TPSA) is 57.1 Å². The highest BCUT2D eigenvalue weighted by molar-refractivity contribution is 9.10. The highest BCUT2D eigenvalue weighted by Gasteiger charge is 2.73. The Morgan fingerprint density at radius 3 is 2.63 bits per heavy atom. The molecule has 2 heterocycles. The van der Waals surface area contributed by atoms with Crippen molar-refractivity contribution >= 4 is 27.8 Å². The summed E-state index contributed by atoms with van der Waals surface area (Å²) in [6.45, 7) is 10.3. The lowest BCUT2D eigenvalue weighted by atomic mass is 9.66. The lowest BCUT2D eigenvalue weighted by Crippen LogP contribution is -2.55. The van der Waals surface area contributed by atoms with Crippen LogP contribution in [0.5, 0.6) is 5.75 Å². The number of hydrogen-bond acceptors (Lipinski definition) is 5. The molecule has 4 rings (SSSR count). The van der Waals surface area contributed by atoms with Gasteiger partial charge in [0.05, 0.1) is 0 Å². The second-order valence-corrected chi connectivity index (χ2v) is 10.2. The van der Waals surface area contributed by atoms with Gasteiger partial charge in [-0.1, -0.05) is 15.9 Å². The molecule has 0 aromatic heterocycles. The summed E-state index contributed by atoms with van der Waals surface area (Å²) in [5, 5.41) is 0. The average Bonchev–Trinajstić information content (AvgIpc) is 3.24. The second kappa shape index (κ2) is 5.72. The number of rotatable bonds is 2. The van der Waals surface area contributed by atoms with Crippen LogP contribution in [0.25, 0.3) is 0 Å². The third-order valence-corrected chi connectivity index (χ3v) is 6.42. The highest BCUT2D eigenvalue weighted by atomic mass is 79.9. The van der Waals surface area contributed by atoms with Crippen molar-refractivity contribution in [2.75, 3.05) is 6.61 Å². The van der Waals surface area contributed by atoms with E-state index in [-0.39, 0.29) is 23.4 Å². The highest BCUT2D eigenvalue weighted by Crippen LogP contribution is 2.71. The van der Waals surface area contributed by atoms with Crippen molar-refractivity contribution in [3.63, 3.8) is 0 Å². The van der Waals surface area contributed by atoms with E-state index in [1.54, 1.807) is 0 Å². The molecule has 1 atom stereocenters. The van der Waals surface area contributed by atoms with Crippen LogP contribution in [-0.4, -0.2) is 29.7 Å². The molecule has 6 heteroatoms. The monoisotopic (exact) mass is 435 g/mol. The number of halogens is 1. The molecule has 2 spiro atoms. The fourth-order valence-corrected chi connectivity index (χ4v) is 4.98. The summed E-state index contributed by atoms with van der Waals surface area (Å²) in [5.74, 6) is 0.981. The molecule has 0 amide bonds. The van der Waals surface area contributed by atoms with Crippen LogP contribution in [0.15, 0.2) is 27.7 Å². The maximum absolute atomic E-state index is 12.3. The van der Waals surface area contributed by atoms with E-state index in [0.29, 0.717) is 12.5 Å². The molecule has 0 bridgehead atoms. The van der Waals surface area contributed by atoms with Crippen molar-refractivity contribution in [2.24, 2.45) is 10.4 Å². The number of ether oxygens (including phenoxy) is 3. The van der Waals surface area contributed by atoms with E-state index in [0.717, 1.165) is 28.6 Å². The molecule has 3 aliphatic rings. The zero-order valence-corrected chi connectivity index (χ0v) is 18.1. The zero-order valence-electron chi connectivity index (χ0n) is 16.5. The number of carbonyl (C=O) groups is 1. The van der Waals surface area contributed by atoms with Crippen molar-refractivity contribution < 1.29 is 19.0 Å². The Morgan fingerprint density at radius 2 is 2.00 bits per heavy atom. The van der Waals surface area contributed by atoms with E-state index in [2.05, 4.69) is 35.8 Å². The molecule has 146 valence electrons. The van der Waals surface area contributed by atoms with Gasteiger partial charge >= 0.3 is 5.97 Å². The normalized spacial score (nSPS) is 26.8. The van der Waals surface area contributed by atoms with Gasteiger partial charge in [0.2, 0.25) is 0 Å². The molecule has 0 N–H and O–H groups in total. The molecule has 5 nitrogen and oxygen atoms in total. The van der Waals surface area contributed by atoms with E-state index in [1.807, 2.05) is 32.9 Å². The number of aliphatic imine (C=N–C) groups is 1. The first-order valence-electron chi connectivity index (χ1n) is 9.41. The van der Waals surface area contributed by atoms with Gasteiger partial charge in [0.1, 0.15) is 35.5 Å². The quantitative estimate of drug-likeness (QED) is 0.628. The van der Waals surface area contributed by atoms with Crippen molar-refractivity contribution in [1.29, 1.82) is 0 Å². The standard InChI is InChI=1S/C21H26BrNO4/c1-18(2,3)27-17(24)11-16-23-21(12-25-16)14-10-13(22)6-7-15(14)26-19(4,5)20(21)8-9-20/h6-7,10H,8-9,11-12H2,1-5H3/t21-/m0/s1. The van der Waals surface area contributed by atoms with E-state index >= 15 is 0 Å². The Labute approximate surface area is 168 Å². The van der Waals surface area contributed by atoms with Crippen molar-refractivity contribution in [2.45, 2.75) is 70.6 Å². The first kappa shape index (κ1) is 18.8. The largest absolute Gasteiger partial charge is 0.487 e. The van der Waals surface area contributed by atoms with Crippen LogP contribution in [-0.2, 0) is 19.8 Å². The summed E-state index contributed by atoms with van der Waals surface area (Å²) in [4.78, 5) is 17.3. The van der Waals surface area contributed by atoms with Gasteiger partial charge < -0.3 is 14.2 Å². The van der Waals surface area contributed by atoms with Gasteiger partial charge in [0, 0.05) is 15.5 Å². The molecule has 1 saturated carbocycles. The van der Waals surface area contributed by atoms with Gasteiger partial charge in [0.15, 0.2) is 5.90 Å². The van der Waals surface area contributed by atoms with Crippen LogP contribution in [0.1, 0.15) is 59.4 Å². The van der Waals surface area contributed by atoms with Crippen LogP contribution in [0, 0.1) is 5.41 Å². The molecule has 1 fully saturated rings. The molecule has 1 aliphatic carbocycles. The van der Waals surface area contributed by atoms with E-state index in [9.17, 15) is 4.79 Å². The first-order chi connectivity index (χ1) is 12.5. The summed E-state index contributed by atoms with van der Waals surface area (Å²) in [7, 11) is 0. The number of hydrogen-bond donors (Lipinski definition) is 0. The lowest BCUT2D eigenvalue weighted by Gasteiger charge is -2.49. The number of carbonyl (C=O) groups excluding carboxylic acids is 1. The van der Waals surface area contributed by atoms with Crippen LogP contribution < -0.4 is 4.74 Å². The van der Waals surface area contributed by atoms with E-state index in [4.69, 9.17) is 19.2 Å². The Morgan fingerprint density at radius 1 is 1.30 bits per heavy atom. The van der Waals surface area contributed by atoms with Crippen molar-refractivity contribution in [1.82, 2.24) is 0 Å². The molecule has 1 aromatic rings. The fourth-order valence-electron chi connectivity index (χ4n) is 4.62. The van der Waals surface area contributed by atoms with Crippen LogP contribution >= 0.6 is 15.9 Å². The van der Waals surface area contributed by atoms with Gasteiger partial charge in [-0.2, -0.15) is 0 Å². The summed E-state index contributed by atoms with van der Waals surface area (Å²) >= 11 is 3.58. The minimum Gasteiger partial charge on any atom is -0.487 e. The number of benzene rings is 1. The molecule has 0 radical (unpaired) electrons. The van der Waals surface area contributed by atoms with Crippen molar-refractivity contribution in [3.05, 3.63) is 28.2 Å². The summed E-state index contributed by atoms with van der Waals surface area (Å²) < 4.78 is 18.8. The third-order valence-electron chi connectivity index (χ3n) is 5.93. The summed E-state index contributed by atoms with van der Waals surface area (Å²) in [5.41, 5.74) is -0.492. The Hall–Kier alpha value is -1.56. The van der Waals surface area contributed by atoms with Crippen molar-refractivity contribution in [3.8, 4) is 5.75 Å². The Kier molecular flexibility index (Phi) is 3.98. The number of esters is 1. The Balaban J connectivity index is 1.74. The van der Waals surface area contributed by atoms with Crippen LogP contribution in [0.3, 0.4) is 0 Å². The molecule has 0 saturated heterocycles. The summed E-state index contributed by atoms with van der Waals surface area (Å²) in [6, 6.07) is 6.04. The molecular formula is C21H26BrNO4. The molecule has 1 aromatic carbocycles. The second-order valence-electron chi connectivity index (χ2n) is 9.25. The van der Waals surface area contributed by atoms with Crippen LogP contribution in [0.2, 0.25) is 0 Å². The number of nitrogens with zero attached hydrogens (tertiary/aromatic N) is 1.